The second-order valence-corrected chi connectivity index (χ2v) is 9.35. The van der Waals surface area contributed by atoms with E-state index < -0.39 is 0 Å². The molecule has 0 unspecified atom stereocenters. The SMILES string of the molecule is Cc1csc(NC(=O)CSc2nnc(-c3cccs3)c3sc(C)nc23)n1. The maximum Gasteiger partial charge on any atom is 0.236 e. The smallest absolute Gasteiger partial charge is 0.236 e. The highest BCUT2D eigenvalue weighted by Crippen LogP contribution is 2.36. The van der Waals surface area contributed by atoms with Crippen LogP contribution in [0.1, 0.15) is 10.7 Å². The van der Waals surface area contributed by atoms with E-state index in [1.54, 1.807) is 22.7 Å². The summed E-state index contributed by atoms with van der Waals surface area (Å²) in [7, 11) is 0. The monoisotopic (exact) mass is 419 g/mol. The third-order valence-corrected chi connectivity index (χ3v) is 7.04. The molecular formula is C16H13N5OS4. The molecule has 0 saturated heterocycles. The van der Waals surface area contributed by atoms with Crippen LogP contribution in [0.15, 0.2) is 27.9 Å². The molecular weight excluding hydrogens is 406 g/mol. The van der Waals surface area contributed by atoms with Crippen LogP contribution in [0, 0.1) is 13.8 Å². The number of anilines is 1. The van der Waals surface area contributed by atoms with Gasteiger partial charge < -0.3 is 5.32 Å². The molecule has 6 nitrogen and oxygen atoms in total. The van der Waals surface area contributed by atoms with Gasteiger partial charge in [-0.2, -0.15) is 0 Å². The van der Waals surface area contributed by atoms with Crippen LogP contribution < -0.4 is 5.32 Å². The lowest BCUT2D eigenvalue weighted by molar-refractivity contribution is -0.113. The summed E-state index contributed by atoms with van der Waals surface area (Å²) in [5, 5.41) is 17.7. The van der Waals surface area contributed by atoms with Gasteiger partial charge in [-0.1, -0.05) is 17.8 Å². The van der Waals surface area contributed by atoms with Crippen molar-refractivity contribution in [1.29, 1.82) is 0 Å². The van der Waals surface area contributed by atoms with Crippen molar-refractivity contribution in [2.75, 3.05) is 11.1 Å². The Morgan fingerprint density at radius 3 is 2.85 bits per heavy atom. The predicted octanol–water partition coefficient (Wildman–Crippen LogP) is 4.62. The molecule has 26 heavy (non-hydrogen) atoms. The fourth-order valence-corrected chi connectivity index (χ4v) is 5.48. The largest absolute Gasteiger partial charge is 0.301 e. The summed E-state index contributed by atoms with van der Waals surface area (Å²) in [5.41, 5.74) is 2.56. The topological polar surface area (TPSA) is 80.7 Å². The molecule has 0 saturated carbocycles. The van der Waals surface area contributed by atoms with Crippen LogP contribution in [0.4, 0.5) is 5.13 Å². The third kappa shape index (κ3) is 3.63. The van der Waals surface area contributed by atoms with Crippen molar-refractivity contribution < 1.29 is 4.79 Å². The number of carbonyl (C=O) groups excluding carboxylic acids is 1. The Balaban J connectivity index is 1.55. The van der Waals surface area contributed by atoms with Crippen LogP contribution in [-0.4, -0.2) is 31.8 Å². The van der Waals surface area contributed by atoms with Gasteiger partial charge in [-0.05, 0) is 25.3 Å². The van der Waals surface area contributed by atoms with Crippen molar-refractivity contribution in [3.05, 3.63) is 33.6 Å². The van der Waals surface area contributed by atoms with Crippen LogP contribution in [-0.2, 0) is 4.79 Å². The number of hydrogen-bond acceptors (Lipinski definition) is 9. The first-order valence-corrected chi connectivity index (χ1v) is 11.2. The number of rotatable bonds is 5. The first kappa shape index (κ1) is 17.5. The lowest BCUT2D eigenvalue weighted by Crippen LogP contribution is -2.14. The maximum absolute atomic E-state index is 12.2. The van der Waals surface area contributed by atoms with Crippen LogP contribution in [0.3, 0.4) is 0 Å². The van der Waals surface area contributed by atoms with E-state index in [1.165, 1.54) is 23.1 Å². The number of thiophene rings is 1. The van der Waals surface area contributed by atoms with E-state index >= 15 is 0 Å². The Bertz CT molecular complexity index is 1070. The highest BCUT2D eigenvalue weighted by Gasteiger charge is 2.17. The Kier molecular flexibility index (Phi) is 4.98. The minimum atomic E-state index is -0.117. The van der Waals surface area contributed by atoms with Gasteiger partial charge in [0.2, 0.25) is 5.91 Å². The quantitative estimate of drug-likeness (QED) is 0.476. The van der Waals surface area contributed by atoms with E-state index in [-0.39, 0.29) is 11.7 Å². The van der Waals surface area contributed by atoms with Gasteiger partial charge in [0.25, 0.3) is 0 Å². The van der Waals surface area contributed by atoms with Crippen LogP contribution in [0.2, 0.25) is 0 Å². The zero-order chi connectivity index (χ0) is 18.1. The summed E-state index contributed by atoms with van der Waals surface area (Å²) in [6, 6.07) is 4.02. The van der Waals surface area contributed by atoms with Crippen molar-refractivity contribution in [1.82, 2.24) is 20.2 Å². The molecule has 10 heteroatoms. The van der Waals surface area contributed by atoms with Crippen molar-refractivity contribution >= 4 is 67.0 Å². The van der Waals surface area contributed by atoms with Crippen LogP contribution >= 0.6 is 45.8 Å². The van der Waals surface area contributed by atoms with Crippen molar-refractivity contribution in [2.24, 2.45) is 0 Å². The second-order valence-electron chi connectivity index (χ2n) is 5.37. The van der Waals surface area contributed by atoms with Gasteiger partial charge in [0.05, 0.1) is 26.0 Å². The van der Waals surface area contributed by atoms with E-state index in [4.69, 9.17) is 0 Å². The number of fused-ring (bicyclic) bond motifs is 1. The third-order valence-electron chi connectivity index (χ3n) is 3.35. The normalized spacial score (nSPS) is 11.2. The second kappa shape index (κ2) is 7.39. The van der Waals surface area contributed by atoms with E-state index in [9.17, 15) is 4.79 Å². The number of nitrogens with one attached hydrogen (secondary N) is 1. The number of aryl methyl sites for hydroxylation is 2. The molecule has 1 N–H and O–H groups in total. The molecule has 0 radical (unpaired) electrons. The molecule has 1 amide bonds. The molecule has 4 aromatic heterocycles. The zero-order valence-corrected chi connectivity index (χ0v) is 17.1. The number of thiazole rings is 2. The molecule has 0 fully saturated rings. The molecule has 0 spiro atoms. The molecule has 4 aromatic rings. The Labute approximate surface area is 165 Å². The van der Waals surface area contributed by atoms with Gasteiger partial charge in [-0.15, -0.1) is 44.2 Å². The summed E-state index contributed by atoms with van der Waals surface area (Å²) < 4.78 is 1.01. The van der Waals surface area contributed by atoms with Crippen LogP contribution in [0.25, 0.3) is 20.8 Å². The minimum absolute atomic E-state index is 0.117. The summed E-state index contributed by atoms with van der Waals surface area (Å²) in [4.78, 5) is 22.1. The summed E-state index contributed by atoms with van der Waals surface area (Å²) in [6.45, 7) is 3.86. The van der Waals surface area contributed by atoms with Gasteiger partial charge in [0.15, 0.2) is 5.13 Å². The molecule has 0 aliphatic carbocycles. The number of nitrogens with zero attached hydrogens (tertiary/aromatic N) is 4. The van der Waals surface area contributed by atoms with Gasteiger partial charge in [0.1, 0.15) is 16.2 Å². The Morgan fingerprint density at radius 1 is 1.23 bits per heavy atom. The van der Waals surface area contributed by atoms with E-state index in [1.807, 2.05) is 36.7 Å². The van der Waals surface area contributed by atoms with E-state index in [2.05, 4.69) is 25.5 Å². The number of aromatic nitrogens is 4. The molecule has 0 atom stereocenters. The van der Waals surface area contributed by atoms with Crippen molar-refractivity contribution in [3.8, 4) is 10.6 Å². The zero-order valence-electron chi connectivity index (χ0n) is 13.8. The Hall–Kier alpha value is -1.88. The fraction of sp³-hybridized carbons (Fsp3) is 0.188. The van der Waals surface area contributed by atoms with Gasteiger partial charge in [0, 0.05) is 5.38 Å². The van der Waals surface area contributed by atoms with E-state index in [0.717, 1.165) is 31.5 Å². The molecule has 0 aromatic carbocycles. The Morgan fingerprint density at radius 2 is 2.12 bits per heavy atom. The fourth-order valence-electron chi connectivity index (χ4n) is 2.29. The van der Waals surface area contributed by atoms with Gasteiger partial charge >= 0.3 is 0 Å². The van der Waals surface area contributed by atoms with Crippen molar-refractivity contribution in [2.45, 2.75) is 18.9 Å². The first-order valence-electron chi connectivity index (χ1n) is 7.62. The number of amides is 1. The summed E-state index contributed by atoms with van der Waals surface area (Å²) in [6.07, 6.45) is 0. The van der Waals surface area contributed by atoms with Crippen LogP contribution in [0.5, 0.6) is 0 Å². The van der Waals surface area contributed by atoms with Crippen molar-refractivity contribution in [3.63, 3.8) is 0 Å². The average Bonchev–Trinajstić information content (AvgIpc) is 3.33. The number of carbonyl (C=O) groups is 1. The lowest BCUT2D eigenvalue weighted by Gasteiger charge is -2.04. The van der Waals surface area contributed by atoms with Gasteiger partial charge in [-0.3, -0.25) is 4.79 Å². The number of thioether (sulfide) groups is 1. The molecule has 0 bridgehead atoms. The molecule has 4 rings (SSSR count). The maximum atomic E-state index is 12.2. The summed E-state index contributed by atoms with van der Waals surface area (Å²) in [5.74, 6) is 0.116. The first-order chi connectivity index (χ1) is 12.6. The highest BCUT2D eigenvalue weighted by atomic mass is 32.2. The molecule has 0 aliphatic rings. The standard InChI is InChI=1S/C16H13N5OS4/c1-8-6-25-16(17-8)19-11(22)7-24-15-13-14(26-9(2)18-13)12(20-21-15)10-4-3-5-23-10/h3-6H,7H2,1-2H3,(H,17,19,22). The molecule has 4 heterocycles. The average molecular weight is 420 g/mol. The summed E-state index contributed by atoms with van der Waals surface area (Å²) >= 11 is 5.99. The molecule has 0 aliphatic heterocycles. The predicted molar refractivity (Wildman–Crippen MR) is 109 cm³/mol. The van der Waals surface area contributed by atoms with E-state index in [0.29, 0.717) is 10.2 Å². The number of hydrogen-bond donors (Lipinski definition) is 1. The lowest BCUT2D eigenvalue weighted by atomic mass is 10.3. The molecule has 132 valence electrons. The highest BCUT2D eigenvalue weighted by molar-refractivity contribution is 8.00. The van der Waals surface area contributed by atoms with Gasteiger partial charge in [-0.25, -0.2) is 9.97 Å². The minimum Gasteiger partial charge on any atom is -0.301 e.